The predicted octanol–water partition coefficient (Wildman–Crippen LogP) is 2.99. The van der Waals surface area contributed by atoms with Gasteiger partial charge >= 0.3 is 0 Å². The zero-order chi connectivity index (χ0) is 20.3. The number of halogens is 2. The van der Waals surface area contributed by atoms with Crippen molar-refractivity contribution in [2.45, 2.75) is 18.4 Å². The zero-order valence-corrected chi connectivity index (χ0v) is 16.5. The molecule has 146 valence electrons. The number of hydrogen-bond donors (Lipinski definition) is 1. The van der Waals surface area contributed by atoms with E-state index in [0.29, 0.717) is 21.8 Å². The van der Waals surface area contributed by atoms with Gasteiger partial charge < -0.3 is 0 Å². The van der Waals surface area contributed by atoms with E-state index in [1.165, 1.54) is 47.3 Å². The molecule has 1 aromatic heterocycles. The van der Waals surface area contributed by atoms with Crippen LogP contribution in [0.15, 0.2) is 64.5 Å². The monoisotopic (exact) mass is 421 g/mol. The summed E-state index contributed by atoms with van der Waals surface area (Å²) in [6.45, 7) is 1.79. The molecule has 0 amide bonds. The molecule has 0 saturated heterocycles. The Morgan fingerprint density at radius 1 is 1.14 bits per heavy atom. The fraction of sp³-hybridized carbons (Fsp3) is 0.158. The Bertz CT molecular complexity index is 1160. The summed E-state index contributed by atoms with van der Waals surface area (Å²) in [6.07, 6.45) is 1.33. The van der Waals surface area contributed by atoms with Crippen LogP contribution in [0, 0.1) is 12.7 Å². The van der Waals surface area contributed by atoms with Gasteiger partial charge in [-0.1, -0.05) is 17.7 Å². The first kappa shape index (κ1) is 20.2. The van der Waals surface area contributed by atoms with Gasteiger partial charge in [-0.25, -0.2) is 22.5 Å². The molecule has 0 spiro atoms. The SMILES string of the molecule is Cc1ccc(Cl)cc1S(=O)(=O)NCCn1cnc(-c2ccc(F)cc2)cc1=O. The highest BCUT2D eigenvalue weighted by atomic mass is 35.5. The molecule has 6 nitrogen and oxygen atoms in total. The Balaban J connectivity index is 1.70. The maximum Gasteiger partial charge on any atom is 0.253 e. The average molecular weight is 422 g/mol. The minimum absolute atomic E-state index is 0.00572. The highest BCUT2D eigenvalue weighted by Crippen LogP contribution is 2.20. The van der Waals surface area contributed by atoms with Crippen LogP contribution in [0.3, 0.4) is 0 Å². The van der Waals surface area contributed by atoms with Gasteiger partial charge in [0, 0.05) is 29.7 Å². The lowest BCUT2D eigenvalue weighted by Gasteiger charge is -2.11. The van der Waals surface area contributed by atoms with Crippen molar-refractivity contribution in [3.8, 4) is 11.3 Å². The van der Waals surface area contributed by atoms with Gasteiger partial charge in [-0.05, 0) is 48.9 Å². The maximum atomic E-state index is 13.0. The topological polar surface area (TPSA) is 81.1 Å². The average Bonchev–Trinajstić information content (AvgIpc) is 2.65. The van der Waals surface area contributed by atoms with Crippen LogP contribution in [-0.4, -0.2) is 24.5 Å². The minimum Gasteiger partial charge on any atom is -0.298 e. The van der Waals surface area contributed by atoms with Crippen LogP contribution in [0.2, 0.25) is 5.02 Å². The van der Waals surface area contributed by atoms with Crippen molar-refractivity contribution in [1.82, 2.24) is 14.3 Å². The Morgan fingerprint density at radius 3 is 2.54 bits per heavy atom. The second-order valence-corrected chi connectivity index (χ2v) is 8.29. The lowest BCUT2D eigenvalue weighted by Crippen LogP contribution is -2.31. The Hall–Kier alpha value is -2.55. The number of hydrogen-bond acceptors (Lipinski definition) is 4. The molecule has 3 rings (SSSR count). The molecule has 1 N–H and O–H groups in total. The second-order valence-electron chi connectivity index (χ2n) is 6.12. The molecular weight excluding hydrogens is 405 g/mol. The highest BCUT2D eigenvalue weighted by Gasteiger charge is 2.16. The van der Waals surface area contributed by atoms with Crippen LogP contribution in [0.1, 0.15) is 5.56 Å². The van der Waals surface area contributed by atoms with Crippen molar-refractivity contribution in [2.75, 3.05) is 6.54 Å². The van der Waals surface area contributed by atoms with Crippen molar-refractivity contribution in [3.05, 3.63) is 81.6 Å². The van der Waals surface area contributed by atoms with Crippen molar-refractivity contribution in [1.29, 1.82) is 0 Å². The number of rotatable bonds is 6. The van der Waals surface area contributed by atoms with Gasteiger partial charge in [0.15, 0.2) is 0 Å². The Kier molecular flexibility index (Phi) is 5.93. The maximum absolute atomic E-state index is 13.0. The molecule has 0 bridgehead atoms. The lowest BCUT2D eigenvalue weighted by molar-refractivity contribution is 0.568. The fourth-order valence-electron chi connectivity index (χ4n) is 2.61. The molecule has 0 atom stereocenters. The van der Waals surface area contributed by atoms with Crippen LogP contribution >= 0.6 is 11.6 Å². The summed E-state index contributed by atoms with van der Waals surface area (Å²) in [5, 5.41) is 0.322. The summed E-state index contributed by atoms with van der Waals surface area (Å²) in [5.41, 5.74) is 1.26. The van der Waals surface area contributed by atoms with Crippen LogP contribution in [0.5, 0.6) is 0 Å². The standard InChI is InChI=1S/C19H17ClFN3O3S/c1-13-2-5-15(20)10-18(13)28(26,27)23-8-9-24-12-22-17(11-19(24)25)14-3-6-16(21)7-4-14/h2-7,10-12,23H,8-9H2,1H3. The third-order valence-corrected chi connectivity index (χ3v) is 5.94. The molecule has 28 heavy (non-hydrogen) atoms. The molecule has 0 aliphatic carbocycles. The van der Waals surface area contributed by atoms with Crippen LogP contribution in [-0.2, 0) is 16.6 Å². The first-order valence-corrected chi connectivity index (χ1v) is 10.2. The molecule has 0 radical (unpaired) electrons. The molecule has 3 aromatic rings. The van der Waals surface area contributed by atoms with E-state index in [4.69, 9.17) is 11.6 Å². The van der Waals surface area contributed by atoms with E-state index in [1.807, 2.05) is 0 Å². The summed E-state index contributed by atoms with van der Waals surface area (Å²) in [6, 6.07) is 11.6. The number of nitrogens with zero attached hydrogens (tertiary/aromatic N) is 2. The van der Waals surface area contributed by atoms with Crippen molar-refractivity contribution < 1.29 is 12.8 Å². The summed E-state index contributed by atoms with van der Waals surface area (Å²) < 4.78 is 41.6. The fourth-order valence-corrected chi connectivity index (χ4v) is 4.14. The van der Waals surface area contributed by atoms with Crippen molar-refractivity contribution in [3.63, 3.8) is 0 Å². The Labute approximate surface area is 166 Å². The molecule has 0 aliphatic rings. The van der Waals surface area contributed by atoms with E-state index < -0.39 is 10.0 Å². The summed E-state index contributed by atoms with van der Waals surface area (Å²) in [4.78, 5) is 16.5. The third kappa shape index (κ3) is 4.64. The molecule has 1 heterocycles. The van der Waals surface area contributed by atoms with Gasteiger partial charge in [-0.15, -0.1) is 0 Å². The number of nitrogens with one attached hydrogen (secondary N) is 1. The van der Waals surface area contributed by atoms with Gasteiger partial charge in [-0.2, -0.15) is 0 Å². The van der Waals surface area contributed by atoms with E-state index in [-0.39, 0.29) is 29.4 Å². The van der Waals surface area contributed by atoms with Gasteiger partial charge in [-0.3, -0.25) is 9.36 Å². The summed E-state index contributed by atoms with van der Waals surface area (Å²) in [7, 11) is -3.76. The molecule has 0 unspecified atom stereocenters. The van der Waals surface area contributed by atoms with Crippen LogP contribution < -0.4 is 10.3 Å². The van der Waals surface area contributed by atoms with E-state index in [9.17, 15) is 17.6 Å². The zero-order valence-electron chi connectivity index (χ0n) is 14.9. The smallest absolute Gasteiger partial charge is 0.253 e. The van der Waals surface area contributed by atoms with E-state index in [0.717, 1.165) is 0 Å². The lowest BCUT2D eigenvalue weighted by atomic mass is 10.1. The molecule has 0 aliphatic heterocycles. The van der Waals surface area contributed by atoms with Gasteiger partial charge in [0.2, 0.25) is 10.0 Å². The number of sulfonamides is 1. The summed E-state index contributed by atoms with van der Waals surface area (Å²) >= 11 is 5.88. The van der Waals surface area contributed by atoms with Crippen molar-refractivity contribution >= 4 is 21.6 Å². The molecule has 0 saturated carbocycles. The quantitative estimate of drug-likeness (QED) is 0.663. The Morgan fingerprint density at radius 2 is 1.86 bits per heavy atom. The van der Waals surface area contributed by atoms with Gasteiger partial charge in [0.25, 0.3) is 5.56 Å². The van der Waals surface area contributed by atoms with E-state index in [1.54, 1.807) is 19.1 Å². The number of aryl methyl sites for hydroxylation is 1. The first-order chi connectivity index (χ1) is 13.3. The molecule has 2 aromatic carbocycles. The van der Waals surface area contributed by atoms with Crippen molar-refractivity contribution in [2.24, 2.45) is 0 Å². The molecule has 0 fully saturated rings. The van der Waals surface area contributed by atoms with Crippen LogP contribution in [0.4, 0.5) is 4.39 Å². The second kappa shape index (κ2) is 8.22. The number of aromatic nitrogens is 2. The third-order valence-electron chi connectivity index (χ3n) is 4.10. The van der Waals surface area contributed by atoms with E-state index >= 15 is 0 Å². The van der Waals surface area contributed by atoms with E-state index in [2.05, 4.69) is 9.71 Å². The molecular formula is C19H17ClFN3O3S. The van der Waals surface area contributed by atoms with Crippen LogP contribution in [0.25, 0.3) is 11.3 Å². The summed E-state index contributed by atoms with van der Waals surface area (Å²) in [5.74, 6) is -0.376. The largest absolute Gasteiger partial charge is 0.298 e. The highest BCUT2D eigenvalue weighted by molar-refractivity contribution is 7.89. The molecule has 9 heteroatoms. The number of benzene rings is 2. The first-order valence-electron chi connectivity index (χ1n) is 8.34. The minimum atomic E-state index is -3.76. The van der Waals surface area contributed by atoms with Gasteiger partial charge in [0.1, 0.15) is 5.82 Å². The predicted molar refractivity (Wildman–Crippen MR) is 105 cm³/mol. The van der Waals surface area contributed by atoms with Gasteiger partial charge in [0.05, 0.1) is 16.9 Å². The normalized spacial score (nSPS) is 11.5.